The molecule has 1 aromatic heterocycles. The second-order valence-corrected chi connectivity index (χ2v) is 4.48. The van der Waals surface area contributed by atoms with Gasteiger partial charge in [-0.15, -0.1) is 0 Å². The lowest BCUT2D eigenvalue weighted by atomic mass is 10.1. The molecule has 2 rings (SSSR count). The third kappa shape index (κ3) is 3.54. The zero-order chi connectivity index (χ0) is 12.8. The summed E-state index contributed by atoms with van der Waals surface area (Å²) in [6.07, 6.45) is 6.79. The normalized spacial score (nSPS) is 19.7. The SMILES string of the molecule is NCCn1cnc(C(=O)NCC2CCCCO2)c1. The molecule has 0 saturated carbocycles. The van der Waals surface area contributed by atoms with Crippen molar-refractivity contribution in [3.8, 4) is 0 Å². The highest BCUT2D eigenvalue weighted by atomic mass is 16.5. The minimum absolute atomic E-state index is 0.147. The van der Waals surface area contributed by atoms with E-state index in [1.807, 2.05) is 4.57 Å². The Morgan fingerprint density at radius 3 is 3.22 bits per heavy atom. The number of carbonyl (C=O) groups excluding carboxylic acids is 1. The smallest absolute Gasteiger partial charge is 0.271 e. The van der Waals surface area contributed by atoms with Gasteiger partial charge in [0.15, 0.2) is 0 Å². The van der Waals surface area contributed by atoms with Crippen molar-refractivity contribution in [2.45, 2.75) is 31.9 Å². The first-order valence-corrected chi connectivity index (χ1v) is 6.41. The van der Waals surface area contributed by atoms with Crippen LogP contribution < -0.4 is 11.1 Å². The molecule has 0 bridgehead atoms. The van der Waals surface area contributed by atoms with Crippen molar-refractivity contribution in [1.29, 1.82) is 0 Å². The Morgan fingerprint density at radius 2 is 2.50 bits per heavy atom. The van der Waals surface area contributed by atoms with E-state index in [0.717, 1.165) is 19.4 Å². The average Bonchev–Trinajstić information content (AvgIpc) is 2.86. The monoisotopic (exact) mass is 252 g/mol. The first-order valence-electron chi connectivity index (χ1n) is 6.41. The molecule has 3 N–H and O–H groups in total. The molecular formula is C12H20N4O2. The van der Waals surface area contributed by atoms with Crippen LogP contribution in [0, 0.1) is 0 Å². The summed E-state index contributed by atoms with van der Waals surface area (Å²) in [4.78, 5) is 15.9. The number of hydrogen-bond donors (Lipinski definition) is 2. The molecule has 1 amide bonds. The third-order valence-electron chi connectivity index (χ3n) is 3.02. The molecule has 6 nitrogen and oxygen atoms in total. The van der Waals surface area contributed by atoms with Crippen molar-refractivity contribution in [1.82, 2.24) is 14.9 Å². The number of amides is 1. The molecule has 2 heterocycles. The Morgan fingerprint density at radius 1 is 1.61 bits per heavy atom. The Balaban J connectivity index is 1.79. The Kier molecular flexibility index (Phi) is 4.72. The quantitative estimate of drug-likeness (QED) is 0.781. The topological polar surface area (TPSA) is 82.2 Å². The maximum absolute atomic E-state index is 11.8. The van der Waals surface area contributed by atoms with Crippen molar-refractivity contribution in [3.05, 3.63) is 18.2 Å². The molecule has 18 heavy (non-hydrogen) atoms. The van der Waals surface area contributed by atoms with Gasteiger partial charge in [-0.1, -0.05) is 0 Å². The van der Waals surface area contributed by atoms with Crippen molar-refractivity contribution >= 4 is 5.91 Å². The molecule has 1 aromatic rings. The van der Waals surface area contributed by atoms with Crippen LogP contribution in [-0.2, 0) is 11.3 Å². The van der Waals surface area contributed by atoms with Crippen LogP contribution in [0.3, 0.4) is 0 Å². The van der Waals surface area contributed by atoms with Gasteiger partial charge in [-0.3, -0.25) is 4.79 Å². The summed E-state index contributed by atoms with van der Waals surface area (Å²) in [6, 6.07) is 0. The number of nitrogens with two attached hydrogens (primary N) is 1. The average molecular weight is 252 g/mol. The molecular weight excluding hydrogens is 232 g/mol. The molecule has 1 unspecified atom stereocenters. The largest absolute Gasteiger partial charge is 0.376 e. The van der Waals surface area contributed by atoms with Crippen molar-refractivity contribution in [3.63, 3.8) is 0 Å². The van der Waals surface area contributed by atoms with Gasteiger partial charge in [0.1, 0.15) is 5.69 Å². The van der Waals surface area contributed by atoms with E-state index in [-0.39, 0.29) is 12.0 Å². The molecule has 0 spiro atoms. The van der Waals surface area contributed by atoms with Crippen LogP contribution in [0.2, 0.25) is 0 Å². The highest BCUT2D eigenvalue weighted by Gasteiger charge is 2.16. The summed E-state index contributed by atoms with van der Waals surface area (Å²) in [5.41, 5.74) is 5.87. The van der Waals surface area contributed by atoms with Crippen LogP contribution in [0.4, 0.5) is 0 Å². The highest BCUT2D eigenvalue weighted by Crippen LogP contribution is 2.11. The van der Waals surface area contributed by atoms with E-state index in [4.69, 9.17) is 10.5 Å². The predicted octanol–water partition coefficient (Wildman–Crippen LogP) is 0.141. The van der Waals surface area contributed by atoms with E-state index in [9.17, 15) is 4.79 Å². The van der Waals surface area contributed by atoms with Gasteiger partial charge in [0.05, 0.1) is 12.4 Å². The molecule has 0 aliphatic carbocycles. The number of rotatable bonds is 5. The molecule has 6 heteroatoms. The van der Waals surface area contributed by atoms with Gasteiger partial charge in [-0.05, 0) is 19.3 Å². The zero-order valence-electron chi connectivity index (χ0n) is 10.5. The Hall–Kier alpha value is -1.40. The summed E-state index contributed by atoms with van der Waals surface area (Å²) in [6.45, 7) is 2.56. The molecule has 0 aromatic carbocycles. The maximum Gasteiger partial charge on any atom is 0.271 e. The minimum Gasteiger partial charge on any atom is -0.376 e. The first kappa shape index (κ1) is 13.0. The number of nitrogens with one attached hydrogen (secondary N) is 1. The number of hydrogen-bond acceptors (Lipinski definition) is 4. The number of imidazole rings is 1. The Bertz CT molecular complexity index is 385. The van der Waals surface area contributed by atoms with Gasteiger partial charge < -0.3 is 20.4 Å². The standard InChI is InChI=1S/C12H20N4O2/c13-4-5-16-8-11(15-9-16)12(17)14-7-10-3-1-2-6-18-10/h8-10H,1-7,13H2,(H,14,17). The molecule has 1 saturated heterocycles. The minimum atomic E-state index is -0.153. The number of ether oxygens (including phenoxy) is 1. The van der Waals surface area contributed by atoms with E-state index in [0.29, 0.717) is 25.3 Å². The number of nitrogens with zero attached hydrogens (tertiary/aromatic N) is 2. The maximum atomic E-state index is 11.8. The first-order chi connectivity index (χ1) is 8.79. The van der Waals surface area contributed by atoms with Gasteiger partial charge in [-0.2, -0.15) is 0 Å². The van der Waals surface area contributed by atoms with Crippen molar-refractivity contribution in [2.24, 2.45) is 5.73 Å². The van der Waals surface area contributed by atoms with Crippen LogP contribution in [0.5, 0.6) is 0 Å². The zero-order valence-corrected chi connectivity index (χ0v) is 10.5. The summed E-state index contributed by atoms with van der Waals surface area (Å²) < 4.78 is 7.36. The summed E-state index contributed by atoms with van der Waals surface area (Å²) in [5, 5.41) is 2.85. The van der Waals surface area contributed by atoms with Crippen LogP contribution >= 0.6 is 0 Å². The van der Waals surface area contributed by atoms with E-state index in [1.54, 1.807) is 12.5 Å². The summed E-state index contributed by atoms with van der Waals surface area (Å²) in [7, 11) is 0. The van der Waals surface area contributed by atoms with Crippen molar-refractivity contribution < 1.29 is 9.53 Å². The lowest BCUT2D eigenvalue weighted by Crippen LogP contribution is -2.35. The van der Waals surface area contributed by atoms with Crippen LogP contribution in [0.1, 0.15) is 29.8 Å². The van der Waals surface area contributed by atoms with Crippen LogP contribution in [0.25, 0.3) is 0 Å². The van der Waals surface area contributed by atoms with Crippen LogP contribution in [-0.4, -0.2) is 41.3 Å². The van der Waals surface area contributed by atoms with E-state index in [1.165, 1.54) is 6.42 Å². The van der Waals surface area contributed by atoms with Gasteiger partial charge in [0.2, 0.25) is 0 Å². The molecule has 1 atom stereocenters. The predicted molar refractivity (Wildman–Crippen MR) is 67.2 cm³/mol. The third-order valence-corrected chi connectivity index (χ3v) is 3.02. The van der Waals surface area contributed by atoms with Crippen molar-refractivity contribution in [2.75, 3.05) is 19.7 Å². The van der Waals surface area contributed by atoms with Gasteiger partial charge in [0, 0.05) is 32.4 Å². The molecule has 1 fully saturated rings. The molecule has 100 valence electrons. The van der Waals surface area contributed by atoms with E-state index >= 15 is 0 Å². The fourth-order valence-corrected chi connectivity index (χ4v) is 2.01. The summed E-state index contributed by atoms with van der Waals surface area (Å²) >= 11 is 0. The second-order valence-electron chi connectivity index (χ2n) is 4.48. The van der Waals surface area contributed by atoms with Gasteiger partial charge in [0.25, 0.3) is 5.91 Å². The molecule has 1 aliphatic heterocycles. The number of carbonyl (C=O) groups is 1. The molecule has 0 radical (unpaired) electrons. The fraction of sp³-hybridized carbons (Fsp3) is 0.667. The highest BCUT2D eigenvalue weighted by molar-refractivity contribution is 5.92. The van der Waals surface area contributed by atoms with E-state index < -0.39 is 0 Å². The fourth-order valence-electron chi connectivity index (χ4n) is 2.01. The second kappa shape index (κ2) is 6.51. The molecule has 1 aliphatic rings. The lowest BCUT2D eigenvalue weighted by Gasteiger charge is -2.22. The van der Waals surface area contributed by atoms with E-state index in [2.05, 4.69) is 10.3 Å². The van der Waals surface area contributed by atoms with Gasteiger partial charge in [-0.25, -0.2) is 4.98 Å². The van der Waals surface area contributed by atoms with Crippen LogP contribution in [0.15, 0.2) is 12.5 Å². The Labute approximate surface area is 107 Å². The lowest BCUT2D eigenvalue weighted by molar-refractivity contribution is 0.0168. The summed E-state index contributed by atoms with van der Waals surface area (Å²) in [5.74, 6) is -0.153. The number of aromatic nitrogens is 2. The van der Waals surface area contributed by atoms with Gasteiger partial charge >= 0.3 is 0 Å².